The fourth-order valence-electron chi connectivity index (χ4n) is 3.08. The average Bonchev–Trinajstić information content (AvgIpc) is 3.02. The van der Waals surface area contributed by atoms with Gasteiger partial charge < -0.3 is 4.57 Å². The van der Waals surface area contributed by atoms with Crippen molar-refractivity contribution in [2.45, 2.75) is 45.8 Å². The van der Waals surface area contributed by atoms with Crippen molar-refractivity contribution in [3.8, 4) is 0 Å². The van der Waals surface area contributed by atoms with Crippen LogP contribution < -0.4 is 0 Å². The summed E-state index contributed by atoms with van der Waals surface area (Å²) >= 11 is 0. The van der Waals surface area contributed by atoms with Gasteiger partial charge in [-0.05, 0) is 38.8 Å². The summed E-state index contributed by atoms with van der Waals surface area (Å²) < 4.78 is 2.31. The molecule has 3 heteroatoms. The van der Waals surface area contributed by atoms with Gasteiger partial charge in [0.25, 0.3) is 0 Å². The number of rotatable bonds is 4. The minimum atomic E-state index is 0.641. The lowest BCUT2D eigenvalue weighted by Gasteiger charge is -2.25. The van der Waals surface area contributed by atoms with Gasteiger partial charge in [0.15, 0.2) is 0 Å². The zero-order valence-corrected chi connectivity index (χ0v) is 12.4. The van der Waals surface area contributed by atoms with Crippen molar-refractivity contribution in [2.24, 2.45) is 0 Å². The van der Waals surface area contributed by atoms with E-state index in [0.29, 0.717) is 6.04 Å². The van der Waals surface area contributed by atoms with Crippen LogP contribution in [0.2, 0.25) is 0 Å². The fraction of sp³-hybridized carbons (Fsp3) is 0.471. The van der Waals surface area contributed by atoms with Gasteiger partial charge in [0.05, 0.1) is 12.0 Å². The topological polar surface area (TPSA) is 21.1 Å². The Hall–Kier alpha value is -1.61. The Morgan fingerprint density at radius 3 is 2.70 bits per heavy atom. The molecule has 0 N–H and O–H groups in total. The van der Waals surface area contributed by atoms with Crippen LogP contribution in [-0.2, 0) is 13.1 Å². The van der Waals surface area contributed by atoms with Crippen LogP contribution in [0, 0.1) is 13.8 Å². The molecule has 1 aliphatic heterocycles. The van der Waals surface area contributed by atoms with Crippen LogP contribution in [0.1, 0.15) is 29.8 Å². The highest BCUT2D eigenvalue weighted by molar-refractivity contribution is 5.15. The summed E-state index contributed by atoms with van der Waals surface area (Å²) in [5.41, 5.74) is 3.87. The fourth-order valence-corrected chi connectivity index (χ4v) is 3.08. The van der Waals surface area contributed by atoms with Crippen LogP contribution in [0.15, 0.2) is 36.7 Å². The molecule has 1 aliphatic rings. The van der Waals surface area contributed by atoms with E-state index in [1.165, 1.54) is 30.6 Å². The lowest BCUT2D eigenvalue weighted by atomic mass is 10.2. The molecule has 2 aromatic rings. The first-order valence-corrected chi connectivity index (χ1v) is 7.50. The molecule has 20 heavy (non-hydrogen) atoms. The third kappa shape index (κ3) is 2.78. The Morgan fingerprint density at radius 1 is 1.20 bits per heavy atom. The molecule has 0 radical (unpaired) electrons. The Kier molecular flexibility index (Phi) is 3.88. The molecule has 1 saturated heterocycles. The van der Waals surface area contributed by atoms with Crippen LogP contribution in [0.5, 0.6) is 0 Å². The Labute approximate surface area is 121 Å². The molecule has 1 aromatic carbocycles. The first-order chi connectivity index (χ1) is 9.74. The molecule has 106 valence electrons. The number of imidazole rings is 1. The highest BCUT2D eigenvalue weighted by Crippen LogP contribution is 2.22. The maximum atomic E-state index is 4.41. The number of hydrogen-bond donors (Lipinski definition) is 0. The van der Waals surface area contributed by atoms with Crippen LogP contribution in [0.3, 0.4) is 0 Å². The Balaban J connectivity index is 1.68. The maximum Gasteiger partial charge on any atom is 0.0951 e. The summed E-state index contributed by atoms with van der Waals surface area (Å²) in [6, 6.07) is 11.4. The number of likely N-dealkylation sites (tertiary alicyclic amines) is 1. The van der Waals surface area contributed by atoms with Gasteiger partial charge in [-0.15, -0.1) is 0 Å². The van der Waals surface area contributed by atoms with Crippen LogP contribution in [0.4, 0.5) is 0 Å². The first-order valence-electron chi connectivity index (χ1n) is 7.50. The van der Waals surface area contributed by atoms with Crippen molar-refractivity contribution >= 4 is 0 Å². The number of aryl methyl sites for hydroxylation is 1. The van der Waals surface area contributed by atoms with E-state index in [0.717, 1.165) is 18.8 Å². The normalized spacial score (nSPS) is 19.6. The van der Waals surface area contributed by atoms with E-state index in [2.05, 4.69) is 58.6 Å². The molecule has 0 aliphatic carbocycles. The molecule has 0 unspecified atom stereocenters. The van der Waals surface area contributed by atoms with Crippen molar-refractivity contribution in [2.75, 3.05) is 6.54 Å². The van der Waals surface area contributed by atoms with Gasteiger partial charge in [0.2, 0.25) is 0 Å². The van der Waals surface area contributed by atoms with E-state index >= 15 is 0 Å². The van der Waals surface area contributed by atoms with Crippen molar-refractivity contribution in [1.82, 2.24) is 14.5 Å². The molecule has 3 nitrogen and oxygen atoms in total. The predicted molar refractivity (Wildman–Crippen MR) is 81.6 cm³/mol. The molecule has 1 atom stereocenters. The number of hydrogen-bond acceptors (Lipinski definition) is 2. The monoisotopic (exact) mass is 269 g/mol. The zero-order chi connectivity index (χ0) is 13.9. The third-order valence-electron chi connectivity index (χ3n) is 4.48. The SMILES string of the molecule is Cc1ncn(C[C@@H]2CCCN2Cc2ccccc2)c1C. The average molecular weight is 269 g/mol. The maximum absolute atomic E-state index is 4.41. The van der Waals surface area contributed by atoms with E-state index in [-0.39, 0.29) is 0 Å². The molecule has 1 fully saturated rings. The van der Waals surface area contributed by atoms with Gasteiger partial charge in [-0.3, -0.25) is 4.90 Å². The van der Waals surface area contributed by atoms with E-state index in [9.17, 15) is 0 Å². The third-order valence-corrected chi connectivity index (χ3v) is 4.48. The van der Waals surface area contributed by atoms with Crippen LogP contribution in [0.25, 0.3) is 0 Å². The molecule has 0 saturated carbocycles. The van der Waals surface area contributed by atoms with E-state index in [4.69, 9.17) is 0 Å². The van der Waals surface area contributed by atoms with Gasteiger partial charge in [0.1, 0.15) is 0 Å². The number of benzene rings is 1. The molecule has 2 heterocycles. The minimum absolute atomic E-state index is 0.641. The lowest BCUT2D eigenvalue weighted by Crippen LogP contribution is -2.32. The molecule has 0 spiro atoms. The van der Waals surface area contributed by atoms with E-state index in [1.807, 2.05) is 6.33 Å². The van der Waals surface area contributed by atoms with Gasteiger partial charge in [-0.2, -0.15) is 0 Å². The largest absolute Gasteiger partial charge is 0.333 e. The van der Waals surface area contributed by atoms with Crippen LogP contribution >= 0.6 is 0 Å². The number of nitrogens with zero attached hydrogens (tertiary/aromatic N) is 3. The second kappa shape index (κ2) is 5.80. The standard InChI is InChI=1S/C17H23N3/c1-14-15(2)20(13-18-14)12-17-9-6-10-19(17)11-16-7-4-3-5-8-16/h3-5,7-8,13,17H,6,9-12H2,1-2H3/t17-/m0/s1. The van der Waals surface area contributed by atoms with Gasteiger partial charge in [0, 0.05) is 24.8 Å². The summed E-state index contributed by atoms with van der Waals surface area (Å²) in [6.07, 6.45) is 4.59. The van der Waals surface area contributed by atoms with Crippen molar-refractivity contribution in [1.29, 1.82) is 0 Å². The smallest absolute Gasteiger partial charge is 0.0951 e. The Morgan fingerprint density at radius 2 is 2.00 bits per heavy atom. The van der Waals surface area contributed by atoms with E-state index < -0.39 is 0 Å². The van der Waals surface area contributed by atoms with Crippen molar-refractivity contribution < 1.29 is 0 Å². The molecule has 0 bridgehead atoms. The molecular formula is C17H23N3. The Bertz CT molecular complexity index is 559. The molecule has 0 amide bonds. The molecule has 3 rings (SSSR count). The highest BCUT2D eigenvalue weighted by Gasteiger charge is 2.25. The summed E-state index contributed by atoms with van der Waals surface area (Å²) in [5, 5.41) is 0. The molecule has 1 aromatic heterocycles. The quantitative estimate of drug-likeness (QED) is 0.850. The predicted octanol–water partition coefficient (Wildman–Crippen LogP) is 3.16. The lowest BCUT2D eigenvalue weighted by molar-refractivity contribution is 0.223. The van der Waals surface area contributed by atoms with Crippen molar-refractivity contribution in [3.05, 3.63) is 53.6 Å². The highest BCUT2D eigenvalue weighted by atomic mass is 15.2. The van der Waals surface area contributed by atoms with Gasteiger partial charge in [-0.25, -0.2) is 4.98 Å². The van der Waals surface area contributed by atoms with Crippen LogP contribution in [-0.4, -0.2) is 27.0 Å². The second-order valence-corrected chi connectivity index (χ2v) is 5.82. The first kappa shape index (κ1) is 13.4. The second-order valence-electron chi connectivity index (χ2n) is 5.82. The summed E-state index contributed by atoms with van der Waals surface area (Å²) in [7, 11) is 0. The molecular weight excluding hydrogens is 246 g/mol. The summed E-state index contributed by atoms with van der Waals surface area (Å²) in [5.74, 6) is 0. The van der Waals surface area contributed by atoms with Gasteiger partial charge >= 0.3 is 0 Å². The summed E-state index contributed by atoms with van der Waals surface area (Å²) in [4.78, 5) is 7.03. The number of aromatic nitrogens is 2. The van der Waals surface area contributed by atoms with E-state index in [1.54, 1.807) is 0 Å². The zero-order valence-electron chi connectivity index (χ0n) is 12.4. The van der Waals surface area contributed by atoms with Crippen molar-refractivity contribution in [3.63, 3.8) is 0 Å². The minimum Gasteiger partial charge on any atom is -0.333 e. The summed E-state index contributed by atoms with van der Waals surface area (Å²) in [6.45, 7) is 7.60. The van der Waals surface area contributed by atoms with Gasteiger partial charge in [-0.1, -0.05) is 30.3 Å².